The molecule has 0 saturated carbocycles. The van der Waals surface area contributed by atoms with Gasteiger partial charge in [-0.2, -0.15) is 0 Å². The summed E-state index contributed by atoms with van der Waals surface area (Å²) in [7, 11) is 0. The topological polar surface area (TPSA) is 48.5 Å². The van der Waals surface area contributed by atoms with Gasteiger partial charge in [-0.3, -0.25) is 9.13 Å². The molecule has 0 atom stereocenters. The van der Waals surface area contributed by atoms with Crippen LogP contribution in [0.25, 0.3) is 89.2 Å². The van der Waals surface area contributed by atoms with Crippen LogP contribution in [-0.4, -0.2) is 24.1 Å². The summed E-state index contributed by atoms with van der Waals surface area (Å²) in [4.78, 5) is 15.6. The van der Waals surface area contributed by atoms with Crippen molar-refractivity contribution in [1.82, 2.24) is 24.1 Å². The lowest BCUT2D eigenvalue weighted by atomic mass is 10.0. The van der Waals surface area contributed by atoms with E-state index in [0.29, 0.717) is 5.82 Å². The number of fused-ring (bicyclic) bond motifs is 7. The Morgan fingerprint density at radius 1 is 0.420 bits per heavy atom. The van der Waals surface area contributed by atoms with Gasteiger partial charge >= 0.3 is 0 Å². The van der Waals surface area contributed by atoms with Crippen LogP contribution in [0.5, 0.6) is 0 Å². The number of hydrogen-bond acceptors (Lipinski definition) is 3. The highest BCUT2D eigenvalue weighted by molar-refractivity contribution is 6.27. The number of imidazole rings is 1. The van der Waals surface area contributed by atoms with Crippen molar-refractivity contribution < 1.29 is 0 Å². The van der Waals surface area contributed by atoms with E-state index >= 15 is 0 Å². The van der Waals surface area contributed by atoms with Crippen LogP contribution in [0.1, 0.15) is 0 Å². The van der Waals surface area contributed by atoms with E-state index in [1.807, 2.05) is 30.3 Å². The number of para-hydroxylation sites is 2. The molecular weight excluding hydrogens is 611 g/mol. The molecule has 0 bridgehead atoms. The minimum Gasteiger partial charge on any atom is -0.294 e. The van der Waals surface area contributed by atoms with Crippen LogP contribution in [-0.2, 0) is 0 Å². The Morgan fingerprint density at radius 3 is 1.78 bits per heavy atom. The summed E-state index contributed by atoms with van der Waals surface area (Å²) in [5.41, 5.74) is 9.21. The molecule has 0 N–H and O–H groups in total. The lowest BCUT2D eigenvalue weighted by molar-refractivity contribution is 1.05. The molecule has 0 aliphatic heterocycles. The van der Waals surface area contributed by atoms with E-state index in [1.54, 1.807) is 0 Å². The monoisotopic (exact) mass is 639 g/mol. The summed E-state index contributed by atoms with van der Waals surface area (Å²) in [5.74, 6) is 2.42. The Morgan fingerprint density at radius 2 is 1.04 bits per heavy atom. The summed E-state index contributed by atoms with van der Waals surface area (Å²) < 4.78 is 4.62. The lowest BCUT2D eigenvalue weighted by Crippen LogP contribution is -2.02. The number of benzene rings is 7. The molecule has 0 aliphatic carbocycles. The highest BCUT2D eigenvalue weighted by atomic mass is 15.1. The van der Waals surface area contributed by atoms with Crippen LogP contribution < -0.4 is 0 Å². The fourth-order valence-electron chi connectivity index (χ4n) is 7.31. The molecule has 3 heterocycles. The fourth-order valence-corrected chi connectivity index (χ4v) is 7.31. The molecule has 10 rings (SSSR count). The van der Waals surface area contributed by atoms with Crippen LogP contribution in [0.2, 0.25) is 0 Å². The molecule has 0 amide bonds. The van der Waals surface area contributed by atoms with Crippen LogP contribution in [0.4, 0.5) is 0 Å². The molecule has 5 nitrogen and oxygen atoms in total. The predicted molar refractivity (Wildman–Crippen MR) is 205 cm³/mol. The first-order valence-corrected chi connectivity index (χ1v) is 16.8. The lowest BCUT2D eigenvalue weighted by Gasteiger charge is -2.13. The molecule has 3 aromatic heterocycles. The van der Waals surface area contributed by atoms with E-state index in [1.165, 1.54) is 5.39 Å². The maximum Gasteiger partial charge on any atom is 0.162 e. The fraction of sp³-hybridized carbons (Fsp3) is 0. The Balaban J connectivity index is 1.34. The highest BCUT2D eigenvalue weighted by Crippen LogP contribution is 2.42. The van der Waals surface area contributed by atoms with Crippen molar-refractivity contribution in [3.63, 3.8) is 0 Å². The normalized spacial score (nSPS) is 11.6. The zero-order valence-corrected chi connectivity index (χ0v) is 27.0. The van der Waals surface area contributed by atoms with Gasteiger partial charge in [-0.1, -0.05) is 140 Å². The van der Waals surface area contributed by atoms with Crippen LogP contribution >= 0.6 is 0 Å². The van der Waals surface area contributed by atoms with Crippen molar-refractivity contribution in [3.8, 4) is 45.5 Å². The second kappa shape index (κ2) is 11.4. The van der Waals surface area contributed by atoms with Gasteiger partial charge < -0.3 is 0 Å². The maximum atomic E-state index is 5.29. The summed E-state index contributed by atoms with van der Waals surface area (Å²) in [6.07, 6.45) is 0. The smallest absolute Gasteiger partial charge is 0.162 e. The molecule has 234 valence electrons. The first-order chi connectivity index (χ1) is 24.8. The van der Waals surface area contributed by atoms with Gasteiger partial charge in [-0.25, -0.2) is 15.0 Å². The van der Waals surface area contributed by atoms with E-state index < -0.39 is 0 Å². The standard InChI is InChI=1S/C45H29N5/c1-5-15-30(16-6-1)37-29-40(48-44(46-37)32-17-7-2-8-18-32)50-38-24-14-13-23-35(38)42-39(50)28-26-31-25-27-36-43(41(31)42)49(34-21-11-4-12-22-34)45(47-36)33-19-9-3-10-20-33/h1-29H. The first kappa shape index (κ1) is 28.2. The number of aromatic nitrogens is 5. The molecule has 7 aromatic carbocycles. The number of rotatable bonds is 5. The van der Waals surface area contributed by atoms with Crippen molar-refractivity contribution in [1.29, 1.82) is 0 Å². The van der Waals surface area contributed by atoms with Gasteiger partial charge in [0.15, 0.2) is 5.82 Å². The SMILES string of the molecule is c1ccc(-c2cc(-n3c4ccccc4c4c5c(ccc6nc(-c7ccccc7)n(-c7ccccc7)c65)ccc43)nc(-c3ccccc3)n2)cc1. The van der Waals surface area contributed by atoms with Crippen molar-refractivity contribution in [2.45, 2.75) is 0 Å². The van der Waals surface area contributed by atoms with Gasteiger partial charge in [0.25, 0.3) is 0 Å². The third kappa shape index (κ3) is 4.45. The van der Waals surface area contributed by atoms with Gasteiger partial charge in [-0.05, 0) is 35.7 Å². The summed E-state index contributed by atoms with van der Waals surface area (Å²) in [6, 6.07) is 61.2. The second-order valence-electron chi connectivity index (χ2n) is 12.5. The first-order valence-electron chi connectivity index (χ1n) is 16.8. The van der Waals surface area contributed by atoms with Gasteiger partial charge in [0.05, 0.1) is 27.8 Å². The number of nitrogens with zero attached hydrogens (tertiary/aromatic N) is 5. The van der Waals surface area contributed by atoms with Crippen molar-refractivity contribution in [2.75, 3.05) is 0 Å². The van der Waals surface area contributed by atoms with Gasteiger partial charge in [0.2, 0.25) is 0 Å². The van der Waals surface area contributed by atoms with E-state index in [4.69, 9.17) is 15.0 Å². The van der Waals surface area contributed by atoms with E-state index in [2.05, 4.69) is 155 Å². The van der Waals surface area contributed by atoms with E-state index in [-0.39, 0.29) is 0 Å². The van der Waals surface area contributed by atoms with Crippen LogP contribution in [0, 0.1) is 0 Å². The average molecular weight is 640 g/mol. The Bertz CT molecular complexity index is 2780. The zero-order chi connectivity index (χ0) is 33.0. The van der Waals surface area contributed by atoms with Gasteiger partial charge in [0, 0.05) is 44.6 Å². The van der Waals surface area contributed by atoms with Crippen molar-refractivity contribution in [2.24, 2.45) is 0 Å². The Hall–Kier alpha value is -6.85. The van der Waals surface area contributed by atoms with E-state index in [0.717, 1.165) is 77.9 Å². The summed E-state index contributed by atoms with van der Waals surface area (Å²) in [6.45, 7) is 0. The average Bonchev–Trinajstić information content (AvgIpc) is 3.76. The number of hydrogen-bond donors (Lipinski definition) is 0. The summed E-state index contributed by atoms with van der Waals surface area (Å²) >= 11 is 0. The van der Waals surface area contributed by atoms with E-state index in [9.17, 15) is 0 Å². The molecule has 0 aliphatic rings. The van der Waals surface area contributed by atoms with Gasteiger partial charge in [-0.15, -0.1) is 0 Å². The predicted octanol–water partition coefficient (Wildman–Crippen LogP) is 11.1. The van der Waals surface area contributed by atoms with Crippen LogP contribution in [0.15, 0.2) is 176 Å². The molecule has 0 saturated heterocycles. The van der Waals surface area contributed by atoms with Crippen molar-refractivity contribution in [3.05, 3.63) is 176 Å². The molecule has 5 heteroatoms. The zero-order valence-electron chi connectivity index (χ0n) is 27.0. The molecule has 0 unspecified atom stereocenters. The Labute approximate surface area is 288 Å². The Kier molecular flexibility index (Phi) is 6.42. The van der Waals surface area contributed by atoms with Crippen molar-refractivity contribution >= 4 is 43.6 Å². The minimum absolute atomic E-state index is 0.686. The quantitative estimate of drug-likeness (QED) is 0.188. The maximum absolute atomic E-state index is 5.29. The second-order valence-corrected chi connectivity index (χ2v) is 12.5. The molecule has 0 fully saturated rings. The van der Waals surface area contributed by atoms with Gasteiger partial charge in [0.1, 0.15) is 11.6 Å². The largest absolute Gasteiger partial charge is 0.294 e. The minimum atomic E-state index is 0.686. The highest BCUT2D eigenvalue weighted by Gasteiger charge is 2.22. The molecular formula is C45H29N5. The third-order valence-corrected chi connectivity index (χ3v) is 9.52. The molecule has 50 heavy (non-hydrogen) atoms. The van der Waals surface area contributed by atoms with Crippen LogP contribution in [0.3, 0.4) is 0 Å². The third-order valence-electron chi connectivity index (χ3n) is 9.52. The summed E-state index contributed by atoms with van der Waals surface area (Å²) in [5, 5.41) is 4.64. The molecule has 0 spiro atoms. The molecule has 0 radical (unpaired) electrons. The molecule has 10 aromatic rings.